The molecule has 13 heavy (non-hydrogen) atoms. The lowest BCUT2D eigenvalue weighted by atomic mass is 9.86. The van der Waals surface area contributed by atoms with E-state index in [4.69, 9.17) is 10.5 Å². The molecular weight excluding hydrogens is 166 g/mol. The molecule has 0 spiro atoms. The normalized spacial score (nSPS) is 37.1. The zero-order valence-electron chi connectivity index (χ0n) is 7.36. The smallest absolute Gasteiger partial charge is 0.0734 e. The second-order valence-electron chi connectivity index (χ2n) is 3.96. The Morgan fingerprint density at radius 3 is 3.00 bits per heavy atom. The highest BCUT2D eigenvalue weighted by atomic mass is 16.5. The van der Waals surface area contributed by atoms with Gasteiger partial charge in [-0.05, 0) is 19.3 Å². The minimum Gasteiger partial charge on any atom is -0.396 e. The van der Waals surface area contributed by atoms with E-state index in [1.54, 1.807) is 6.20 Å². The number of anilines is 1. The standard InChI is InChI=1S/C9H13N3O/c10-7-4-11-12-9(7)6-3-5-1-2-8(6)13-5/h4-6,8H,1-3,10H2,(H,11,12). The lowest BCUT2D eigenvalue weighted by Gasteiger charge is -2.17. The summed E-state index contributed by atoms with van der Waals surface area (Å²) < 4.78 is 5.76. The van der Waals surface area contributed by atoms with Crippen molar-refractivity contribution in [2.45, 2.75) is 37.4 Å². The molecule has 2 saturated heterocycles. The van der Waals surface area contributed by atoms with Gasteiger partial charge >= 0.3 is 0 Å². The second kappa shape index (κ2) is 2.48. The molecule has 4 nitrogen and oxygen atoms in total. The largest absolute Gasteiger partial charge is 0.396 e. The fourth-order valence-corrected chi connectivity index (χ4v) is 2.54. The molecule has 2 fully saturated rings. The van der Waals surface area contributed by atoms with Gasteiger partial charge in [0.05, 0.1) is 29.8 Å². The van der Waals surface area contributed by atoms with Crippen molar-refractivity contribution in [3.8, 4) is 0 Å². The zero-order valence-corrected chi connectivity index (χ0v) is 7.36. The van der Waals surface area contributed by atoms with Gasteiger partial charge < -0.3 is 10.5 Å². The van der Waals surface area contributed by atoms with Gasteiger partial charge in [0.1, 0.15) is 0 Å². The summed E-state index contributed by atoms with van der Waals surface area (Å²) in [7, 11) is 0. The lowest BCUT2D eigenvalue weighted by molar-refractivity contribution is 0.100. The molecule has 3 unspecified atom stereocenters. The molecule has 0 aliphatic carbocycles. The van der Waals surface area contributed by atoms with Crippen LogP contribution in [0.4, 0.5) is 5.69 Å². The highest BCUT2D eigenvalue weighted by molar-refractivity contribution is 5.43. The Balaban J connectivity index is 1.91. The first-order valence-corrected chi connectivity index (χ1v) is 4.79. The van der Waals surface area contributed by atoms with Crippen LogP contribution in [-0.2, 0) is 4.74 Å². The molecule has 70 valence electrons. The molecular formula is C9H13N3O. The summed E-state index contributed by atoms with van der Waals surface area (Å²) in [5.41, 5.74) is 7.66. The number of nitrogens with zero attached hydrogens (tertiary/aromatic N) is 1. The van der Waals surface area contributed by atoms with Crippen LogP contribution in [0.5, 0.6) is 0 Å². The predicted octanol–water partition coefficient (Wildman–Crippen LogP) is 1.03. The summed E-state index contributed by atoms with van der Waals surface area (Å²) in [6.07, 6.45) is 6.03. The fourth-order valence-electron chi connectivity index (χ4n) is 2.54. The molecule has 3 rings (SSSR count). The minimum absolute atomic E-state index is 0.382. The summed E-state index contributed by atoms with van der Waals surface area (Å²) >= 11 is 0. The van der Waals surface area contributed by atoms with E-state index in [0.29, 0.717) is 18.1 Å². The van der Waals surface area contributed by atoms with E-state index in [1.165, 1.54) is 12.8 Å². The molecule has 3 N–H and O–H groups in total. The average Bonchev–Trinajstić information content (AvgIpc) is 2.77. The first-order valence-electron chi connectivity index (χ1n) is 4.79. The number of nitrogens with one attached hydrogen (secondary N) is 1. The number of rotatable bonds is 1. The summed E-state index contributed by atoms with van der Waals surface area (Å²) in [6.45, 7) is 0. The number of fused-ring (bicyclic) bond motifs is 2. The third-order valence-corrected chi connectivity index (χ3v) is 3.18. The molecule has 2 aliphatic rings. The maximum atomic E-state index is 5.80. The number of aromatic amines is 1. The molecule has 4 heteroatoms. The SMILES string of the molecule is Nc1cn[nH]c1C1CC2CCC1O2. The van der Waals surface area contributed by atoms with Crippen LogP contribution in [0, 0.1) is 0 Å². The van der Waals surface area contributed by atoms with Crippen LogP contribution in [0.3, 0.4) is 0 Å². The summed E-state index contributed by atoms with van der Waals surface area (Å²) in [6, 6.07) is 0. The van der Waals surface area contributed by atoms with E-state index in [-0.39, 0.29) is 0 Å². The number of ether oxygens (including phenoxy) is 1. The monoisotopic (exact) mass is 179 g/mol. The Morgan fingerprint density at radius 2 is 2.46 bits per heavy atom. The van der Waals surface area contributed by atoms with Crippen LogP contribution in [0.15, 0.2) is 6.20 Å². The summed E-state index contributed by atoms with van der Waals surface area (Å²) in [4.78, 5) is 0. The van der Waals surface area contributed by atoms with Gasteiger partial charge in [-0.25, -0.2) is 0 Å². The van der Waals surface area contributed by atoms with Gasteiger partial charge in [0.15, 0.2) is 0 Å². The van der Waals surface area contributed by atoms with E-state index in [2.05, 4.69) is 10.2 Å². The highest BCUT2D eigenvalue weighted by Gasteiger charge is 2.42. The van der Waals surface area contributed by atoms with Crippen LogP contribution in [-0.4, -0.2) is 22.4 Å². The topological polar surface area (TPSA) is 63.9 Å². The van der Waals surface area contributed by atoms with Gasteiger partial charge in [0, 0.05) is 5.92 Å². The van der Waals surface area contributed by atoms with Crippen LogP contribution >= 0.6 is 0 Å². The number of nitrogens with two attached hydrogens (primary N) is 1. The molecule has 0 aromatic carbocycles. The van der Waals surface area contributed by atoms with Gasteiger partial charge in [0.2, 0.25) is 0 Å². The summed E-state index contributed by atoms with van der Waals surface area (Å²) in [5, 5.41) is 6.92. The molecule has 2 aliphatic heterocycles. The Bertz CT molecular complexity index is 322. The van der Waals surface area contributed by atoms with Crippen molar-refractivity contribution >= 4 is 5.69 Å². The van der Waals surface area contributed by atoms with Crippen molar-refractivity contribution in [2.75, 3.05) is 5.73 Å². The van der Waals surface area contributed by atoms with Crippen molar-refractivity contribution in [1.82, 2.24) is 10.2 Å². The number of hydrogen-bond donors (Lipinski definition) is 2. The van der Waals surface area contributed by atoms with Crippen molar-refractivity contribution in [1.29, 1.82) is 0 Å². The summed E-state index contributed by atoms with van der Waals surface area (Å²) in [5.74, 6) is 0.459. The highest BCUT2D eigenvalue weighted by Crippen LogP contribution is 2.44. The Kier molecular flexibility index (Phi) is 1.41. The van der Waals surface area contributed by atoms with E-state index in [1.807, 2.05) is 0 Å². The van der Waals surface area contributed by atoms with Crippen LogP contribution < -0.4 is 5.73 Å². The lowest BCUT2D eigenvalue weighted by Crippen LogP contribution is -2.15. The molecule has 3 heterocycles. The van der Waals surface area contributed by atoms with Crippen LogP contribution in [0.1, 0.15) is 30.9 Å². The number of H-pyrrole nitrogens is 1. The van der Waals surface area contributed by atoms with Gasteiger partial charge in [0.25, 0.3) is 0 Å². The molecule has 0 radical (unpaired) electrons. The third-order valence-electron chi connectivity index (χ3n) is 3.18. The van der Waals surface area contributed by atoms with E-state index in [0.717, 1.165) is 17.8 Å². The van der Waals surface area contributed by atoms with E-state index >= 15 is 0 Å². The predicted molar refractivity (Wildman–Crippen MR) is 48.3 cm³/mol. The fraction of sp³-hybridized carbons (Fsp3) is 0.667. The van der Waals surface area contributed by atoms with E-state index < -0.39 is 0 Å². The van der Waals surface area contributed by atoms with Crippen LogP contribution in [0.2, 0.25) is 0 Å². The maximum Gasteiger partial charge on any atom is 0.0734 e. The molecule has 3 atom stereocenters. The van der Waals surface area contributed by atoms with Gasteiger partial charge in [-0.1, -0.05) is 0 Å². The number of hydrogen-bond acceptors (Lipinski definition) is 3. The average molecular weight is 179 g/mol. The van der Waals surface area contributed by atoms with Crippen molar-refractivity contribution in [2.24, 2.45) is 0 Å². The van der Waals surface area contributed by atoms with E-state index in [9.17, 15) is 0 Å². The van der Waals surface area contributed by atoms with Gasteiger partial charge in [-0.15, -0.1) is 0 Å². The van der Waals surface area contributed by atoms with Crippen molar-refractivity contribution < 1.29 is 4.74 Å². The molecule has 2 bridgehead atoms. The maximum absolute atomic E-state index is 5.80. The Morgan fingerprint density at radius 1 is 1.54 bits per heavy atom. The first-order chi connectivity index (χ1) is 6.34. The molecule has 1 aromatic rings. The Hall–Kier alpha value is -1.03. The molecule has 0 saturated carbocycles. The number of aromatic nitrogens is 2. The van der Waals surface area contributed by atoms with Gasteiger partial charge in [-0.3, -0.25) is 5.10 Å². The minimum atomic E-state index is 0.382. The Labute approximate surface area is 76.5 Å². The van der Waals surface area contributed by atoms with Crippen molar-refractivity contribution in [3.63, 3.8) is 0 Å². The zero-order chi connectivity index (χ0) is 8.84. The third kappa shape index (κ3) is 0.983. The second-order valence-corrected chi connectivity index (χ2v) is 3.96. The number of nitrogen functional groups attached to an aromatic ring is 1. The first kappa shape index (κ1) is 7.38. The van der Waals surface area contributed by atoms with Crippen molar-refractivity contribution in [3.05, 3.63) is 11.9 Å². The van der Waals surface area contributed by atoms with Gasteiger partial charge in [-0.2, -0.15) is 5.10 Å². The molecule has 1 aromatic heterocycles. The quantitative estimate of drug-likeness (QED) is 0.676. The molecule has 0 amide bonds. The van der Waals surface area contributed by atoms with Crippen LogP contribution in [0.25, 0.3) is 0 Å².